The standard InChI is InChI=1S/C16H17Cl2NO3/c1-9-3-4-15(22-9)10(2)19-16(21)8-14(20)11-5-12(17)7-13(18)6-11/h3-7,10,14,20H,8H2,1-2H3,(H,19,21). The van der Waals surface area contributed by atoms with Crippen molar-refractivity contribution in [3.8, 4) is 0 Å². The second-order valence-corrected chi connectivity index (χ2v) is 6.03. The molecule has 2 N–H and O–H groups in total. The number of furan rings is 1. The summed E-state index contributed by atoms with van der Waals surface area (Å²) in [6.45, 7) is 3.66. The Hall–Kier alpha value is -1.49. The Labute approximate surface area is 139 Å². The molecule has 6 heteroatoms. The van der Waals surface area contributed by atoms with Crippen LogP contribution in [0.5, 0.6) is 0 Å². The monoisotopic (exact) mass is 341 g/mol. The smallest absolute Gasteiger partial charge is 0.223 e. The second-order valence-electron chi connectivity index (χ2n) is 5.16. The Morgan fingerprint density at radius 3 is 2.45 bits per heavy atom. The molecule has 4 nitrogen and oxygen atoms in total. The van der Waals surface area contributed by atoms with Crippen LogP contribution >= 0.6 is 23.2 Å². The van der Waals surface area contributed by atoms with E-state index in [1.807, 2.05) is 26.0 Å². The minimum absolute atomic E-state index is 0.0826. The van der Waals surface area contributed by atoms with Gasteiger partial charge < -0.3 is 14.8 Å². The number of halogens is 2. The lowest BCUT2D eigenvalue weighted by molar-refractivity contribution is -0.123. The molecule has 0 saturated heterocycles. The summed E-state index contributed by atoms with van der Waals surface area (Å²) < 4.78 is 5.46. The van der Waals surface area contributed by atoms with Gasteiger partial charge in [0.15, 0.2) is 0 Å². The molecule has 0 aliphatic rings. The largest absolute Gasteiger partial charge is 0.464 e. The highest BCUT2D eigenvalue weighted by Crippen LogP contribution is 2.25. The minimum Gasteiger partial charge on any atom is -0.464 e. The first-order chi connectivity index (χ1) is 10.3. The number of aryl methyl sites for hydroxylation is 1. The fraction of sp³-hybridized carbons (Fsp3) is 0.312. The van der Waals surface area contributed by atoms with Crippen LogP contribution in [0.2, 0.25) is 10.0 Å². The van der Waals surface area contributed by atoms with E-state index in [9.17, 15) is 9.90 Å². The number of carbonyl (C=O) groups is 1. The van der Waals surface area contributed by atoms with Gasteiger partial charge in [0.25, 0.3) is 0 Å². The Bertz CT molecular complexity index is 649. The van der Waals surface area contributed by atoms with E-state index in [1.165, 1.54) is 0 Å². The number of aliphatic hydroxyl groups is 1. The Morgan fingerprint density at radius 1 is 1.27 bits per heavy atom. The third-order valence-corrected chi connectivity index (χ3v) is 3.65. The molecule has 1 heterocycles. The molecular formula is C16H17Cl2NO3. The Balaban J connectivity index is 1.96. The predicted molar refractivity (Wildman–Crippen MR) is 86.0 cm³/mol. The van der Waals surface area contributed by atoms with Crippen molar-refractivity contribution in [1.29, 1.82) is 0 Å². The minimum atomic E-state index is -0.971. The first kappa shape index (κ1) is 16.9. The van der Waals surface area contributed by atoms with Crippen LogP contribution in [-0.2, 0) is 4.79 Å². The molecule has 0 spiro atoms. The average molecular weight is 342 g/mol. The van der Waals surface area contributed by atoms with Crippen LogP contribution in [0.1, 0.15) is 42.6 Å². The predicted octanol–water partition coefficient (Wildman–Crippen LogP) is 4.20. The van der Waals surface area contributed by atoms with Crippen molar-refractivity contribution in [2.45, 2.75) is 32.4 Å². The maximum atomic E-state index is 12.0. The fourth-order valence-electron chi connectivity index (χ4n) is 2.12. The fourth-order valence-corrected chi connectivity index (χ4v) is 2.66. The first-order valence-electron chi connectivity index (χ1n) is 6.85. The van der Waals surface area contributed by atoms with Gasteiger partial charge in [-0.25, -0.2) is 0 Å². The zero-order valence-corrected chi connectivity index (χ0v) is 13.8. The van der Waals surface area contributed by atoms with Crippen LogP contribution < -0.4 is 5.32 Å². The number of hydrogen-bond acceptors (Lipinski definition) is 3. The highest BCUT2D eigenvalue weighted by atomic mass is 35.5. The number of amides is 1. The molecule has 2 unspecified atom stereocenters. The van der Waals surface area contributed by atoms with Gasteiger partial charge in [-0.1, -0.05) is 23.2 Å². The van der Waals surface area contributed by atoms with Crippen LogP contribution in [0.25, 0.3) is 0 Å². The van der Waals surface area contributed by atoms with E-state index in [4.69, 9.17) is 27.6 Å². The number of aliphatic hydroxyl groups excluding tert-OH is 1. The number of carbonyl (C=O) groups excluding carboxylic acids is 1. The number of rotatable bonds is 5. The lowest BCUT2D eigenvalue weighted by Gasteiger charge is -2.15. The van der Waals surface area contributed by atoms with E-state index in [2.05, 4.69) is 5.32 Å². The third-order valence-electron chi connectivity index (χ3n) is 3.21. The lowest BCUT2D eigenvalue weighted by atomic mass is 10.1. The molecule has 1 aromatic heterocycles. The number of benzene rings is 1. The summed E-state index contributed by atoms with van der Waals surface area (Å²) in [5, 5.41) is 13.7. The molecule has 1 aromatic carbocycles. The van der Waals surface area contributed by atoms with Crippen LogP contribution in [0.15, 0.2) is 34.7 Å². The van der Waals surface area contributed by atoms with Gasteiger partial charge in [0.05, 0.1) is 18.6 Å². The molecule has 0 fully saturated rings. The molecule has 2 atom stereocenters. The SMILES string of the molecule is Cc1ccc(C(C)NC(=O)CC(O)c2cc(Cl)cc(Cl)c2)o1. The molecular weight excluding hydrogens is 325 g/mol. The van der Waals surface area contributed by atoms with Crippen molar-refractivity contribution >= 4 is 29.1 Å². The van der Waals surface area contributed by atoms with E-state index in [0.717, 1.165) is 5.76 Å². The zero-order chi connectivity index (χ0) is 16.3. The van der Waals surface area contributed by atoms with E-state index < -0.39 is 6.10 Å². The van der Waals surface area contributed by atoms with E-state index in [-0.39, 0.29) is 18.4 Å². The maximum Gasteiger partial charge on any atom is 0.223 e. The van der Waals surface area contributed by atoms with Crippen molar-refractivity contribution in [2.75, 3.05) is 0 Å². The molecule has 118 valence electrons. The van der Waals surface area contributed by atoms with Crippen molar-refractivity contribution in [3.05, 3.63) is 57.5 Å². The highest BCUT2D eigenvalue weighted by Gasteiger charge is 2.17. The maximum absolute atomic E-state index is 12.0. The molecule has 22 heavy (non-hydrogen) atoms. The average Bonchev–Trinajstić information content (AvgIpc) is 2.84. The van der Waals surface area contributed by atoms with Gasteiger partial charge in [-0.2, -0.15) is 0 Å². The number of nitrogens with one attached hydrogen (secondary N) is 1. The van der Waals surface area contributed by atoms with Crippen molar-refractivity contribution in [2.24, 2.45) is 0 Å². The van der Waals surface area contributed by atoms with Crippen molar-refractivity contribution in [1.82, 2.24) is 5.32 Å². The van der Waals surface area contributed by atoms with Gasteiger partial charge >= 0.3 is 0 Å². The van der Waals surface area contributed by atoms with Gasteiger partial charge in [0.2, 0.25) is 5.91 Å². The lowest BCUT2D eigenvalue weighted by Crippen LogP contribution is -2.27. The van der Waals surface area contributed by atoms with Crippen LogP contribution in [0.4, 0.5) is 0 Å². The van der Waals surface area contributed by atoms with Gasteiger partial charge in [-0.15, -0.1) is 0 Å². The molecule has 0 aliphatic carbocycles. The molecule has 0 bridgehead atoms. The van der Waals surface area contributed by atoms with Gasteiger partial charge in [-0.05, 0) is 49.7 Å². The van der Waals surface area contributed by atoms with Crippen LogP contribution in [0, 0.1) is 6.92 Å². The number of hydrogen-bond donors (Lipinski definition) is 2. The normalized spacial score (nSPS) is 13.7. The summed E-state index contributed by atoms with van der Waals surface area (Å²) in [6.07, 6.45) is -1.05. The molecule has 1 amide bonds. The Morgan fingerprint density at radius 2 is 1.91 bits per heavy atom. The first-order valence-corrected chi connectivity index (χ1v) is 7.60. The summed E-state index contributed by atoms with van der Waals surface area (Å²) in [4.78, 5) is 12.0. The topological polar surface area (TPSA) is 62.5 Å². The van der Waals surface area contributed by atoms with Crippen LogP contribution in [-0.4, -0.2) is 11.0 Å². The highest BCUT2D eigenvalue weighted by molar-refractivity contribution is 6.34. The summed E-state index contributed by atoms with van der Waals surface area (Å²) >= 11 is 11.8. The molecule has 2 rings (SSSR count). The summed E-state index contributed by atoms with van der Waals surface area (Å²) in [6, 6.07) is 8.13. The molecule has 0 saturated carbocycles. The molecule has 2 aromatic rings. The summed E-state index contributed by atoms with van der Waals surface area (Å²) in [5.41, 5.74) is 0.508. The summed E-state index contributed by atoms with van der Waals surface area (Å²) in [5.74, 6) is 1.17. The Kier molecular flexibility index (Phi) is 5.51. The van der Waals surface area contributed by atoms with Crippen LogP contribution in [0.3, 0.4) is 0 Å². The van der Waals surface area contributed by atoms with Gasteiger partial charge in [0, 0.05) is 10.0 Å². The van der Waals surface area contributed by atoms with Gasteiger partial charge in [-0.3, -0.25) is 4.79 Å². The quantitative estimate of drug-likeness (QED) is 0.856. The van der Waals surface area contributed by atoms with Crippen molar-refractivity contribution < 1.29 is 14.3 Å². The third kappa shape index (κ3) is 4.50. The van der Waals surface area contributed by atoms with Gasteiger partial charge in [0.1, 0.15) is 11.5 Å². The second kappa shape index (κ2) is 7.18. The molecule has 0 aliphatic heterocycles. The van der Waals surface area contributed by atoms with E-state index in [0.29, 0.717) is 21.4 Å². The van der Waals surface area contributed by atoms with E-state index in [1.54, 1.807) is 18.2 Å². The zero-order valence-electron chi connectivity index (χ0n) is 12.3. The molecule has 0 radical (unpaired) electrons. The van der Waals surface area contributed by atoms with Crippen molar-refractivity contribution in [3.63, 3.8) is 0 Å². The van der Waals surface area contributed by atoms with E-state index >= 15 is 0 Å². The summed E-state index contributed by atoms with van der Waals surface area (Å²) in [7, 11) is 0.